The van der Waals surface area contributed by atoms with Crippen LogP contribution in [0.2, 0.25) is 0 Å². The van der Waals surface area contributed by atoms with Crippen molar-refractivity contribution < 1.29 is 19.1 Å². The monoisotopic (exact) mass is 339 g/mol. The maximum atomic E-state index is 12.9. The smallest absolute Gasteiger partial charge is 0.408 e. The van der Waals surface area contributed by atoms with Crippen molar-refractivity contribution >= 4 is 17.9 Å². The molecule has 2 fully saturated rings. The van der Waals surface area contributed by atoms with Crippen molar-refractivity contribution in [2.75, 3.05) is 6.54 Å². The lowest BCUT2D eigenvalue weighted by molar-refractivity contribution is -0.141. The summed E-state index contributed by atoms with van der Waals surface area (Å²) in [6.45, 7) is 7.75. The Morgan fingerprint density at radius 1 is 1.21 bits per heavy atom. The third-order valence-electron chi connectivity index (χ3n) is 4.43. The average molecular weight is 339 g/mol. The van der Waals surface area contributed by atoms with Gasteiger partial charge in [-0.05, 0) is 59.8 Å². The molecule has 3 amide bonds. The van der Waals surface area contributed by atoms with Crippen molar-refractivity contribution in [2.45, 2.75) is 83.5 Å². The zero-order chi connectivity index (χ0) is 17.9. The quantitative estimate of drug-likeness (QED) is 0.817. The molecule has 2 aliphatic rings. The van der Waals surface area contributed by atoms with Crippen molar-refractivity contribution in [3.05, 3.63) is 0 Å². The molecule has 0 aliphatic carbocycles. The number of rotatable bonds is 3. The van der Waals surface area contributed by atoms with E-state index < -0.39 is 23.8 Å². The molecule has 2 rings (SSSR count). The molecule has 0 aromatic rings. The lowest BCUT2D eigenvalue weighted by Gasteiger charge is -2.30. The van der Waals surface area contributed by atoms with Crippen molar-refractivity contribution in [1.29, 1.82) is 0 Å². The number of alkyl carbamates (subject to hydrolysis) is 1. The number of carbonyl (C=O) groups is 3. The van der Waals surface area contributed by atoms with E-state index in [9.17, 15) is 14.4 Å². The van der Waals surface area contributed by atoms with Crippen LogP contribution < -0.4 is 10.6 Å². The van der Waals surface area contributed by atoms with Crippen LogP contribution in [-0.2, 0) is 14.3 Å². The molecule has 136 valence electrons. The van der Waals surface area contributed by atoms with E-state index in [1.165, 1.54) is 0 Å². The topological polar surface area (TPSA) is 87.7 Å². The second-order valence-electron chi connectivity index (χ2n) is 7.52. The number of fused-ring (bicyclic) bond motifs is 1. The molecule has 2 heterocycles. The van der Waals surface area contributed by atoms with Gasteiger partial charge in [0.15, 0.2) is 0 Å². The molecule has 0 bridgehead atoms. The SMILES string of the molecule is CCNC(=O)[C@@H]1CC[C@@H]2CCC[C@H](NC(=O)OC(C)(C)C)C(=O)N21. The Labute approximate surface area is 143 Å². The van der Waals surface area contributed by atoms with Crippen molar-refractivity contribution in [3.8, 4) is 0 Å². The second kappa shape index (κ2) is 7.40. The van der Waals surface area contributed by atoms with E-state index in [1.807, 2.05) is 6.92 Å². The summed E-state index contributed by atoms with van der Waals surface area (Å²) in [6, 6.07) is -0.959. The maximum Gasteiger partial charge on any atom is 0.408 e. The van der Waals surface area contributed by atoms with Crippen LogP contribution >= 0.6 is 0 Å². The van der Waals surface area contributed by atoms with Gasteiger partial charge >= 0.3 is 6.09 Å². The summed E-state index contributed by atoms with van der Waals surface area (Å²) < 4.78 is 5.25. The summed E-state index contributed by atoms with van der Waals surface area (Å²) in [5.74, 6) is -0.275. The first-order valence-electron chi connectivity index (χ1n) is 8.82. The first-order valence-corrected chi connectivity index (χ1v) is 8.82. The number of likely N-dealkylation sites (N-methyl/N-ethyl adjacent to an activating group) is 1. The van der Waals surface area contributed by atoms with Crippen LogP contribution in [-0.4, -0.2) is 53.1 Å². The van der Waals surface area contributed by atoms with E-state index in [2.05, 4.69) is 10.6 Å². The van der Waals surface area contributed by atoms with Gasteiger partial charge in [0.2, 0.25) is 11.8 Å². The molecule has 2 saturated heterocycles. The Hall–Kier alpha value is -1.79. The molecule has 3 atom stereocenters. The molecular formula is C17H29N3O4. The van der Waals surface area contributed by atoms with Gasteiger partial charge in [0.25, 0.3) is 0 Å². The first-order chi connectivity index (χ1) is 11.2. The number of hydrogen-bond donors (Lipinski definition) is 2. The van der Waals surface area contributed by atoms with E-state index >= 15 is 0 Å². The van der Waals surface area contributed by atoms with Gasteiger partial charge in [0, 0.05) is 12.6 Å². The molecule has 2 N–H and O–H groups in total. The van der Waals surface area contributed by atoms with Crippen LogP contribution in [0.1, 0.15) is 59.8 Å². The Morgan fingerprint density at radius 3 is 2.54 bits per heavy atom. The molecule has 0 radical (unpaired) electrons. The number of nitrogens with one attached hydrogen (secondary N) is 2. The molecule has 0 unspecified atom stereocenters. The molecule has 24 heavy (non-hydrogen) atoms. The van der Waals surface area contributed by atoms with E-state index in [-0.39, 0.29) is 17.9 Å². The van der Waals surface area contributed by atoms with Gasteiger partial charge in [-0.25, -0.2) is 4.79 Å². The molecule has 0 aromatic carbocycles. The van der Waals surface area contributed by atoms with E-state index in [0.29, 0.717) is 19.4 Å². The molecule has 0 aromatic heterocycles. The maximum absolute atomic E-state index is 12.9. The fourth-order valence-corrected chi connectivity index (χ4v) is 3.49. The van der Waals surface area contributed by atoms with Gasteiger partial charge in [0.1, 0.15) is 17.7 Å². The normalized spacial score (nSPS) is 27.2. The molecule has 0 spiro atoms. The summed E-state index contributed by atoms with van der Waals surface area (Å²) in [6.07, 6.45) is 3.22. The third-order valence-corrected chi connectivity index (χ3v) is 4.43. The summed E-state index contributed by atoms with van der Waals surface area (Å²) >= 11 is 0. The van der Waals surface area contributed by atoms with Gasteiger partial charge in [-0.3, -0.25) is 9.59 Å². The predicted octanol–water partition coefficient (Wildman–Crippen LogP) is 1.56. The van der Waals surface area contributed by atoms with Crippen LogP contribution in [0.5, 0.6) is 0 Å². The molecule has 7 nitrogen and oxygen atoms in total. The predicted molar refractivity (Wildman–Crippen MR) is 89.3 cm³/mol. The van der Waals surface area contributed by atoms with Crippen molar-refractivity contribution in [2.24, 2.45) is 0 Å². The first kappa shape index (κ1) is 18.5. The third kappa shape index (κ3) is 4.39. The van der Waals surface area contributed by atoms with Crippen LogP contribution in [0.3, 0.4) is 0 Å². The Kier molecular flexibility index (Phi) is 5.72. The van der Waals surface area contributed by atoms with E-state index in [0.717, 1.165) is 19.3 Å². The largest absolute Gasteiger partial charge is 0.444 e. The van der Waals surface area contributed by atoms with Crippen LogP contribution in [0, 0.1) is 0 Å². The highest BCUT2D eigenvalue weighted by molar-refractivity contribution is 5.92. The Bertz CT molecular complexity index is 501. The van der Waals surface area contributed by atoms with Crippen LogP contribution in [0.15, 0.2) is 0 Å². The minimum absolute atomic E-state index is 0.0931. The minimum atomic E-state index is -0.625. The highest BCUT2D eigenvalue weighted by Crippen LogP contribution is 2.32. The lowest BCUT2D eigenvalue weighted by atomic mass is 10.1. The van der Waals surface area contributed by atoms with Crippen LogP contribution in [0.25, 0.3) is 0 Å². The lowest BCUT2D eigenvalue weighted by Crippen LogP contribution is -2.54. The number of amides is 3. The summed E-state index contributed by atoms with van der Waals surface area (Å²) in [7, 11) is 0. The molecule has 0 saturated carbocycles. The van der Waals surface area contributed by atoms with Gasteiger partial charge in [0.05, 0.1) is 0 Å². The average Bonchev–Trinajstić information content (AvgIpc) is 2.81. The van der Waals surface area contributed by atoms with Crippen molar-refractivity contribution in [3.63, 3.8) is 0 Å². The fourth-order valence-electron chi connectivity index (χ4n) is 3.49. The zero-order valence-electron chi connectivity index (χ0n) is 15.1. The van der Waals surface area contributed by atoms with E-state index in [4.69, 9.17) is 4.74 Å². The summed E-state index contributed by atoms with van der Waals surface area (Å²) in [5, 5.41) is 5.49. The van der Waals surface area contributed by atoms with Gasteiger partial charge in [-0.2, -0.15) is 0 Å². The molecule has 2 aliphatic heterocycles. The number of hydrogen-bond acceptors (Lipinski definition) is 4. The number of nitrogens with zero attached hydrogens (tertiary/aromatic N) is 1. The van der Waals surface area contributed by atoms with Crippen LogP contribution in [0.4, 0.5) is 4.79 Å². The van der Waals surface area contributed by atoms with E-state index in [1.54, 1.807) is 25.7 Å². The summed E-state index contributed by atoms with van der Waals surface area (Å²) in [5.41, 5.74) is -0.614. The Balaban J connectivity index is 2.08. The summed E-state index contributed by atoms with van der Waals surface area (Å²) in [4.78, 5) is 38.9. The van der Waals surface area contributed by atoms with Crippen molar-refractivity contribution in [1.82, 2.24) is 15.5 Å². The van der Waals surface area contributed by atoms with Gasteiger partial charge in [-0.15, -0.1) is 0 Å². The molecular weight excluding hydrogens is 310 g/mol. The standard InChI is InChI=1S/C17H29N3O4/c1-5-18-14(21)13-10-9-11-7-6-8-12(15(22)20(11)13)19-16(23)24-17(2,3)4/h11-13H,5-10H2,1-4H3,(H,18,21)(H,19,23)/t11-,12-,13-/m0/s1. The number of ether oxygens (including phenoxy) is 1. The number of carbonyl (C=O) groups excluding carboxylic acids is 3. The Morgan fingerprint density at radius 2 is 1.92 bits per heavy atom. The second-order valence-corrected chi connectivity index (χ2v) is 7.52. The fraction of sp³-hybridized carbons (Fsp3) is 0.824. The van der Waals surface area contributed by atoms with Gasteiger partial charge < -0.3 is 20.3 Å². The van der Waals surface area contributed by atoms with Gasteiger partial charge in [-0.1, -0.05) is 0 Å². The minimum Gasteiger partial charge on any atom is -0.444 e. The highest BCUT2D eigenvalue weighted by atomic mass is 16.6. The highest BCUT2D eigenvalue weighted by Gasteiger charge is 2.44. The molecule has 7 heteroatoms. The zero-order valence-corrected chi connectivity index (χ0v) is 15.1.